The van der Waals surface area contributed by atoms with Gasteiger partial charge in [-0.3, -0.25) is 14.2 Å². The average molecular weight is 432 g/mol. The van der Waals surface area contributed by atoms with Gasteiger partial charge < -0.3 is 10.1 Å². The minimum Gasteiger partial charge on any atom is -0.495 e. The summed E-state index contributed by atoms with van der Waals surface area (Å²) in [6.07, 6.45) is 0. The molecular formula is C21H22ClN3O3S. The van der Waals surface area contributed by atoms with Crippen molar-refractivity contribution in [3.8, 4) is 5.75 Å². The normalized spacial score (nSPS) is 12.2. The van der Waals surface area contributed by atoms with E-state index in [1.165, 1.54) is 11.8 Å². The maximum atomic E-state index is 13.0. The van der Waals surface area contributed by atoms with Gasteiger partial charge in [0, 0.05) is 11.1 Å². The second-order valence-electron chi connectivity index (χ2n) is 6.77. The third-order valence-electron chi connectivity index (χ3n) is 4.36. The molecule has 152 valence electrons. The first-order chi connectivity index (χ1) is 13.8. The van der Waals surface area contributed by atoms with Crippen molar-refractivity contribution in [1.82, 2.24) is 9.55 Å². The molecule has 1 heterocycles. The molecule has 0 fully saturated rings. The summed E-state index contributed by atoms with van der Waals surface area (Å²) in [7, 11) is 1.55. The van der Waals surface area contributed by atoms with Crippen LogP contribution in [0, 0.1) is 0 Å². The van der Waals surface area contributed by atoms with Crippen molar-refractivity contribution < 1.29 is 9.53 Å². The fourth-order valence-corrected chi connectivity index (χ4v) is 4.09. The van der Waals surface area contributed by atoms with Crippen molar-refractivity contribution in [2.24, 2.45) is 0 Å². The first kappa shape index (κ1) is 21.2. The van der Waals surface area contributed by atoms with Crippen LogP contribution in [0.15, 0.2) is 52.4 Å². The summed E-state index contributed by atoms with van der Waals surface area (Å²) >= 11 is 7.30. The Morgan fingerprint density at radius 3 is 2.62 bits per heavy atom. The third-order valence-corrected chi connectivity index (χ3v) is 5.67. The van der Waals surface area contributed by atoms with E-state index < -0.39 is 5.25 Å². The molecule has 0 saturated carbocycles. The number of halogens is 1. The first-order valence-corrected chi connectivity index (χ1v) is 10.4. The number of hydrogen-bond donors (Lipinski definition) is 1. The number of aromatic nitrogens is 2. The number of amides is 1. The predicted molar refractivity (Wildman–Crippen MR) is 118 cm³/mol. The molecule has 0 aliphatic carbocycles. The lowest BCUT2D eigenvalue weighted by Crippen LogP contribution is -2.28. The zero-order valence-electron chi connectivity index (χ0n) is 16.6. The largest absolute Gasteiger partial charge is 0.495 e. The van der Waals surface area contributed by atoms with Crippen LogP contribution in [0.5, 0.6) is 5.75 Å². The number of para-hydroxylation sites is 2. The van der Waals surface area contributed by atoms with Gasteiger partial charge in [0.15, 0.2) is 5.16 Å². The number of nitrogens with zero attached hydrogens (tertiary/aromatic N) is 2. The molecule has 1 aromatic heterocycles. The van der Waals surface area contributed by atoms with E-state index >= 15 is 0 Å². The molecule has 3 aromatic rings. The van der Waals surface area contributed by atoms with E-state index in [4.69, 9.17) is 16.3 Å². The van der Waals surface area contributed by atoms with Gasteiger partial charge >= 0.3 is 0 Å². The summed E-state index contributed by atoms with van der Waals surface area (Å²) in [6.45, 7) is 5.59. The summed E-state index contributed by atoms with van der Waals surface area (Å²) < 4.78 is 6.88. The number of benzene rings is 2. The van der Waals surface area contributed by atoms with Gasteiger partial charge in [-0.25, -0.2) is 4.98 Å². The molecule has 6 nitrogen and oxygen atoms in total. The Labute approximate surface area is 178 Å². The van der Waals surface area contributed by atoms with Gasteiger partial charge in [0.1, 0.15) is 5.75 Å². The quantitative estimate of drug-likeness (QED) is 0.450. The first-order valence-electron chi connectivity index (χ1n) is 9.14. The lowest BCUT2D eigenvalue weighted by molar-refractivity contribution is -0.115. The van der Waals surface area contributed by atoms with E-state index in [9.17, 15) is 9.59 Å². The Kier molecular flexibility index (Phi) is 6.49. The number of carbonyl (C=O) groups is 1. The second-order valence-corrected chi connectivity index (χ2v) is 8.52. The number of rotatable bonds is 6. The van der Waals surface area contributed by atoms with E-state index in [2.05, 4.69) is 10.3 Å². The summed E-state index contributed by atoms with van der Waals surface area (Å²) in [6, 6.07) is 12.1. The van der Waals surface area contributed by atoms with E-state index in [1.807, 2.05) is 26.0 Å². The monoisotopic (exact) mass is 431 g/mol. The molecule has 0 radical (unpaired) electrons. The SMILES string of the molecule is COc1ccccc1NC(=O)[C@@H](C)Sc1nc2cc(Cl)ccc2c(=O)n1C(C)C. The highest BCUT2D eigenvalue weighted by Gasteiger charge is 2.21. The number of hydrogen-bond acceptors (Lipinski definition) is 5. The summed E-state index contributed by atoms with van der Waals surface area (Å²) in [5.41, 5.74) is 0.952. The van der Waals surface area contributed by atoms with Gasteiger partial charge in [-0.1, -0.05) is 35.5 Å². The number of thioether (sulfide) groups is 1. The van der Waals surface area contributed by atoms with Crippen molar-refractivity contribution in [3.05, 3.63) is 57.8 Å². The second kappa shape index (κ2) is 8.88. The van der Waals surface area contributed by atoms with Crippen LogP contribution in [-0.2, 0) is 4.79 Å². The van der Waals surface area contributed by atoms with Crippen LogP contribution < -0.4 is 15.6 Å². The molecule has 0 saturated heterocycles. The van der Waals surface area contributed by atoms with E-state index in [0.29, 0.717) is 32.5 Å². The Bertz CT molecular complexity index is 1110. The third kappa shape index (κ3) is 4.57. The topological polar surface area (TPSA) is 73.2 Å². The van der Waals surface area contributed by atoms with Crippen LogP contribution in [0.25, 0.3) is 10.9 Å². The fraction of sp³-hybridized carbons (Fsp3) is 0.286. The lowest BCUT2D eigenvalue weighted by Gasteiger charge is -2.19. The molecule has 1 atom stereocenters. The molecular weight excluding hydrogens is 410 g/mol. The fourth-order valence-electron chi connectivity index (χ4n) is 2.88. The Hall–Kier alpha value is -2.51. The molecule has 3 rings (SSSR count). The molecule has 0 aliphatic rings. The molecule has 1 amide bonds. The Morgan fingerprint density at radius 2 is 1.93 bits per heavy atom. The molecule has 1 N–H and O–H groups in total. The van der Waals surface area contributed by atoms with Gasteiger partial charge in [-0.05, 0) is 51.1 Å². The van der Waals surface area contributed by atoms with Crippen molar-refractivity contribution in [1.29, 1.82) is 0 Å². The van der Waals surface area contributed by atoms with Crippen molar-refractivity contribution >= 4 is 45.9 Å². The number of carbonyl (C=O) groups excluding carboxylic acids is 1. The number of ether oxygens (including phenoxy) is 1. The summed E-state index contributed by atoms with van der Waals surface area (Å²) in [5, 5.41) is 3.86. The van der Waals surface area contributed by atoms with Crippen LogP contribution in [0.3, 0.4) is 0 Å². The molecule has 8 heteroatoms. The van der Waals surface area contributed by atoms with E-state index in [0.717, 1.165) is 0 Å². The highest BCUT2D eigenvalue weighted by molar-refractivity contribution is 8.00. The van der Waals surface area contributed by atoms with Gasteiger partial charge in [-0.15, -0.1) is 0 Å². The van der Waals surface area contributed by atoms with Crippen molar-refractivity contribution in [2.45, 2.75) is 37.2 Å². The van der Waals surface area contributed by atoms with Crippen LogP contribution in [0.1, 0.15) is 26.8 Å². The average Bonchev–Trinajstić information content (AvgIpc) is 2.67. The van der Waals surface area contributed by atoms with Gasteiger partial charge in [0.05, 0.1) is 29.0 Å². The molecule has 0 unspecified atom stereocenters. The van der Waals surface area contributed by atoms with Crippen LogP contribution in [-0.4, -0.2) is 27.8 Å². The number of anilines is 1. The highest BCUT2D eigenvalue weighted by atomic mass is 35.5. The smallest absolute Gasteiger partial charge is 0.262 e. The van der Waals surface area contributed by atoms with Crippen LogP contribution in [0.4, 0.5) is 5.69 Å². The number of nitrogens with one attached hydrogen (secondary N) is 1. The van der Waals surface area contributed by atoms with Crippen LogP contribution in [0.2, 0.25) is 5.02 Å². The number of methoxy groups -OCH3 is 1. The minimum absolute atomic E-state index is 0.109. The summed E-state index contributed by atoms with van der Waals surface area (Å²) in [4.78, 5) is 30.3. The Morgan fingerprint density at radius 1 is 1.21 bits per heavy atom. The maximum Gasteiger partial charge on any atom is 0.262 e. The van der Waals surface area contributed by atoms with Gasteiger partial charge in [0.25, 0.3) is 5.56 Å². The summed E-state index contributed by atoms with van der Waals surface area (Å²) in [5.74, 6) is 0.367. The zero-order valence-corrected chi connectivity index (χ0v) is 18.2. The van der Waals surface area contributed by atoms with Crippen LogP contribution >= 0.6 is 23.4 Å². The number of fused-ring (bicyclic) bond motifs is 1. The molecule has 2 aromatic carbocycles. The molecule has 29 heavy (non-hydrogen) atoms. The Balaban J connectivity index is 1.93. The molecule has 0 bridgehead atoms. The molecule has 0 aliphatic heterocycles. The van der Waals surface area contributed by atoms with Crippen molar-refractivity contribution in [3.63, 3.8) is 0 Å². The van der Waals surface area contributed by atoms with E-state index in [1.54, 1.807) is 48.9 Å². The van der Waals surface area contributed by atoms with Gasteiger partial charge in [0.2, 0.25) is 5.91 Å². The van der Waals surface area contributed by atoms with E-state index in [-0.39, 0.29) is 17.5 Å². The maximum absolute atomic E-state index is 13.0. The van der Waals surface area contributed by atoms with Gasteiger partial charge in [-0.2, -0.15) is 0 Å². The highest BCUT2D eigenvalue weighted by Crippen LogP contribution is 2.28. The lowest BCUT2D eigenvalue weighted by atomic mass is 10.2. The molecule has 0 spiro atoms. The zero-order chi connectivity index (χ0) is 21.1. The predicted octanol–water partition coefficient (Wildman–Crippen LogP) is 4.76. The standard InChI is InChI=1S/C21H22ClN3O3S/c1-12(2)25-20(27)15-10-9-14(22)11-17(15)24-21(25)29-13(3)19(26)23-16-7-5-6-8-18(16)28-4/h5-13H,1-4H3,(H,23,26)/t13-/m1/s1. The minimum atomic E-state index is -0.492. The van der Waals surface area contributed by atoms with Crippen molar-refractivity contribution in [2.75, 3.05) is 12.4 Å².